The zero-order valence-electron chi connectivity index (χ0n) is 18.2. The fourth-order valence-electron chi connectivity index (χ4n) is 3.33. The van der Waals surface area contributed by atoms with Crippen LogP contribution in [0.2, 0.25) is 0 Å². The molecule has 0 aliphatic carbocycles. The van der Waals surface area contributed by atoms with E-state index < -0.39 is 15.7 Å². The first-order chi connectivity index (χ1) is 15.0. The minimum atomic E-state index is -3.32. The number of aromatic nitrogens is 2. The Morgan fingerprint density at radius 3 is 2.50 bits per heavy atom. The van der Waals surface area contributed by atoms with E-state index in [2.05, 4.69) is 20.6 Å². The lowest BCUT2D eigenvalue weighted by atomic mass is 10.1. The third-order valence-corrected chi connectivity index (χ3v) is 6.15. The van der Waals surface area contributed by atoms with Crippen LogP contribution in [-0.2, 0) is 9.84 Å². The van der Waals surface area contributed by atoms with Gasteiger partial charge in [-0.25, -0.2) is 23.2 Å². The molecule has 1 unspecified atom stereocenters. The van der Waals surface area contributed by atoms with E-state index in [1.165, 1.54) is 23.2 Å². The molecule has 1 atom stereocenters. The average Bonchev–Trinajstić information content (AvgIpc) is 2.73. The number of nitrogens with two attached hydrogens (primary N) is 1. The van der Waals surface area contributed by atoms with Crippen LogP contribution in [0.3, 0.4) is 0 Å². The normalized spacial score (nSPS) is 16.3. The molecule has 11 nitrogen and oxygen atoms in total. The molecule has 3 rings (SSSR count). The molecule has 0 spiro atoms. The molecule has 32 heavy (non-hydrogen) atoms. The summed E-state index contributed by atoms with van der Waals surface area (Å²) in [5.41, 5.74) is 5.95. The largest absolute Gasteiger partial charge is 0.364 e. The smallest absolute Gasteiger partial charge is 0.317 e. The molecule has 4 N–H and O–H groups in total. The van der Waals surface area contributed by atoms with Gasteiger partial charge in [0.25, 0.3) is 5.91 Å². The van der Waals surface area contributed by atoms with Gasteiger partial charge in [-0.2, -0.15) is 0 Å². The molecular formula is C20H27N7O4S. The molecule has 0 bridgehead atoms. The lowest BCUT2D eigenvalue weighted by molar-refractivity contribution is 0.0996. The Bertz CT molecular complexity index is 1100. The molecular weight excluding hydrogens is 434 g/mol. The van der Waals surface area contributed by atoms with Crippen molar-refractivity contribution in [3.05, 3.63) is 36.2 Å². The number of sulfone groups is 1. The summed E-state index contributed by atoms with van der Waals surface area (Å²) in [6.07, 6.45) is 4.31. The fraction of sp³-hybridized carbons (Fsp3) is 0.400. The topological polar surface area (TPSA) is 151 Å². The van der Waals surface area contributed by atoms with E-state index in [0.29, 0.717) is 18.1 Å². The summed E-state index contributed by atoms with van der Waals surface area (Å²) in [6, 6.07) is 5.86. The summed E-state index contributed by atoms with van der Waals surface area (Å²) in [6.45, 7) is 1.27. The van der Waals surface area contributed by atoms with Gasteiger partial charge >= 0.3 is 6.03 Å². The van der Waals surface area contributed by atoms with Gasteiger partial charge in [0, 0.05) is 45.2 Å². The zero-order valence-corrected chi connectivity index (χ0v) is 19.0. The van der Waals surface area contributed by atoms with Crippen LogP contribution in [-0.4, -0.2) is 74.7 Å². The molecule has 0 radical (unpaired) electrons. The van der Waals surface area contributed by atoms with Crippen LogP contribution >= 0.6 is 0 Å². The van der Waals surface area contributed by atoms with Crippen LogP contribution in [0.1, 0.15) is 23.3 Å². The number of anilines is 3. The zero-order chi connectivity index (χ0) is 23.5. The van der Waals surface area contributed by atoms with Gasteiger partial charge in [0.05, 0.1) is 11.1 Å². The SMILES string of the molecule is CN(C)C(=O)NC1CCCN(c2cnc(C(N)=O)c(Nc3ccc(S(C)(=O)=O)cc3)n2)C1. The summed E-state index contributed by atoms with van der Waals surface area (Å²) < 4.78 is 23.3. The van der Waals surface area contributed by atoms with Gasteiger partial charge in [0.1, 0.15) is 5.82 Å². The number of primary amides is 1. The maximum Gasteiger partial charge on any atom is 0.317 e. The predicted molar refractivity (Wildman–Crippen MR) is 121 cm³/mol. The van der Waals surface area contributed by atoms with E-state index in [0.717, 1.165) is 25.6 Å². The molecule has 1 aliphatic heterocycles. The number of piperidine rings is 1. The first kappa shape index (κ1) is 23.3. The van der Waals surface area contributed by atoms with E-state index in [-0.39, 0.29) is 28.5 Å². The minimum absolute atomic E-state index is 0.0320. The average molecular weight is 462 g/mol. The van der Waals surface area contributed by atoms with Crippen molar-refractivity contribution in [1.29, 1.82) is 0 Å². The maximum atomic E-state index is 12.0. The Balaban J connectivity index is 1.83. The second kappa shape index (κ2) is 9.39. The lowest BCUT2D eigenvalue weighted by Crippen LogP contribution is -2.50. The molecule has 12 heteroatoms. The number of hydrogen-bond acceptors (Lipinski definition) is 8. The number of carbonyl (C=O) groups excluding carboxylic acids is 2. The molecule has 1 aromatic heterocycles. The molecule has 3 amide bonds. The van der Waals surface area contributed by atoms with Crippen LogP contribution in [0.15, 0.2) is 35.4 Å². The van der Waals surface area contributed by atoms with Crippen molar-refractivity contribution in [2.45, 2.75) is 23.8 Å². The maximum absolute atomic E-state index is 12.0. The lowest BCUT2D eigenvalue weighted by Gasteiger charge is -2.34. The van der Waals surface area contributed by atoms with Crippen molar-refractivity contribution in [3.63, 3.8) is 0 Å². The van der Waals surface area contributed by atoms with Crippen LogP contribution in [0, 0.1) is 0 Å². The van der Waals surface area contributed by atoms with Gasteiger partial charge in [0.2, 0.25) is 0 Å². The second-order valence-electron chi connectivity index (χ2n) is 7.84. The summed E-state index contributed by atoms with van der Waals surface area (Å²) in [7, 11) is 0.0456. The van der Waals surface area contributed by atoms with Gasteiger partial charge < -0.3 is 26.2 Å². The molecule has 2 heterocycles. The Morgan fingerprint density at radius 1 is 1.22 bits per heavy atom. The number of benzene rings is 1. The Kier molecular flexibility index (Phi) is 6.82. The van der Waals surface area contributed by atoms with Gasteiger partial charge in [-0.1, -0.05) is 0 Å². The number of carbonyl (C=O) groups is 2. The third kappa shape index (κ3) is 5.63. The summed E-state index contributed by atoms with van der Waals surface area (Å²) in [5.74, 6) is -0.0373. The molecule has 1 fully saturated rings. The highest BCUT2D eigenvalue weighted by molar-refractivity contribution is 7.90. The van der Waals surface area contributed by atoms with Crippen molar-refractivity contribution in [3.8, 4) is 0 Å². The van der Waals surface area contributed by atoms with E-state index in [1.54, 1.807) is 26.2 Å². The van der Waals surface area contributed by atoms with Crippen molar-refractivity contribution in [2.24, 2.45) is 5.73 Å². The van der Waals surface area contributed by atoms with E-state index in [4.69, 9.17) is 5.73 Å². The van der Waals surface area contributed by atoms with Crippen molar-refractivity contribution >= 4 is 39.1 Å². The Morgan fingerprint density at radius 2 is 1.91 bits per heavy atom. The summed E-state index contributed by atoms with van der Waals surface area (Å²) >= 11 is 0. The van der Waals surface area contributed by atoms with Crippen molar-refractivity contribution < 1.29 is 18.0 Å². The highest BCUT2D eigenvalue weighted by Crippen LogP contribution is 2.24. The van der Waals surface area contributed by atoms with Gasteiger partial charge in [-0.15, -0.1) is 0 Å². The van der Waals surface area contributed by atoms with Crippen LogP contribution < -0.4 is 21.3 Å². The molecule has 2 aromatic rings. The van der Waals surface area contributed by atoms with Gasteiger partial charge in [-0.05, 0) is 37.1 Å². The highest BCUT2D eigenvalue weighted by Gasteiger charge is 2.24. The molecule has 1 aromatic carbocycles. The Labute approximate surface area is 186 Å². The summed E-state index contributed by atoms with van der Waals surface area (Å²) in [4.78, 5) is 36.2. The van der Waals surface area contributed by atoms with Crippen LogP contribution in [0.25, 0.3) is 0 Å². The van der Waals surface area contributed by atoms with Crippen molar-refractivity contribution in [1.82, 2.24) is 20.2 Å². The summed E-state index contributed by atoms with van der Waals surface area (Å²) in [5, 5.41) is 5.98. The van der Waals surface area contributed by atoms with Crippen molar-refractivity contribution in [2.75, 3.05) is 43.7 Å². The number of hydrogen-bond donors (Lipinski definition) is 3. The molecule has 0 saturated carbocycles. The van der Waals surface area contributed by atoms with E-state index in [1.807, 2.05) is 4.90 Å². The quantitative estimate of drug-likeness (QED) is 0.576. The first-order valence-electron chi connectivity index (χ1n) is 10.0. The predicted octanol–water partition coefficient (Wildman–Crippen LogP) is 0.963. The first-order valence-corrected chi connectivity index (χ1v) is 11.9. The molecule has 172 valence electrons. The van der Waals surface area contributed by atoms with E-state index >= 15 is 0 Å². The molecule has 1 aliphatic rings. The monoisotopic (exact) mass is 461 g/mol. The highest BCUT2D eigenvalue weighted by atomic mass is 32.2. The fourth-order valence-corrected chi connectivity index (χ4v) is 3.96. The number of rotatable bonds is 6. The van der Waals surface area contributed by atoms with E-state index in [9.17, 15) is 18.0 Å². The number of urea groups is 1. The van der Waals surface area contributed by atoms with Gasteiger partial charge in [-0.3, -0.25) is 4.79 Å². The second-order valence-corrected chi connectivity index (χ2v) is 9.86. The molecule has 1 saturated heterocycles. The van der Waals surface area contributed by atoms with Gasteiger partial charge in [0.15, 0.2) is 21.3 Å². The third-order valence-electron chi connectivity index (χ3n) is 5.02. The minimum Gasteiger partial charge on any atom is -0.364 e. The number of nitrogens with zero attached hydrogens (tertiary/aromatic N) is 4. The number of nitrogens with one attached hydrogen (secondary N) is 2. The van der Waals surface area contributed by atoms with Crippen LogP contribution in [0.5, 0.6) is 0 Å². The van der Waals surface area contributed by atoms with Crippen LogP contribution in [0.4, 0.5) is 22.1 Å². The number of amides is 3. The Hall–Kier alpha value is -3.41. The standard InChI is InChI=1S/C20H27N7O4S/c1-26(2)20(29)24-14-5-4-10-27(12-14)16-11-22-17(18(21)28)19(25-16)23-13-6-8-15(9-7-13)32(3,30)31/h6-9,11,14H,4-5,10,12H2,1-3H3,(H2,21,28)(H,23,25)(H,24,29).